The normalized spacial score (nSPS) is 11.8. The fourth-order valence-corrected chi connectivity index (χ4v) is 6.54. The van der Waals surface area contributed by atoms with Crippen molar-refractivity contribution < 1.29 is 22.7 Å². The molecule has 8 nitrogen and oxygen atoms in total. The zero-order chi connectivity index (χ0) is 29.5. The number of hydrogen-bond donors (Lipinski definition) is 1. The number of nitrogens with zero attached hydrogens (tertiary/aromatic N) is 2. The van der Waals surface area contributed by atoms with Gasteiger partial charge in [-0.3, -0.25) is 4.79 Å². The molecule has 0 fully saturated rings. The van der Waals surface area contributed by atoms with E-state index in [0.29, 0.717) is 18.7 Å². The third-order valence-corrected chi connectivity index (χ3v) is 9.29. The molecular formula is C33H35N3O5S. The lowest BCUT2D eigenvalue weighted by atomic mass is 10.1. The third-order valence-electron chi connectivity index (χ3n) is 7.45. The van der Waals surface area contributed by atoms with E-state index in [2.05, 4.69) is 11.1 Å². The molecule has 9 heteroatoms. The Hall–Kier alpha value is -4.18. The fourth-order valence-electron chi connectivity index (χ4n) is 5.13. The predicted octanol–water partition coefficient (Wildman–Crippen LogP) is 5.24. The molecule has 0 aliphatic rings. The zero-order valence-electron chi connectivity index (χ0n) is 23.8. The van der Waals surface area contributed by atoms with Gasteiger partial charge in [0, 0.05) is 49.4 Å². The second kappa shape index (κ2) is 13.2. The van der Waals surface area contributed by atoms with Crippen molar-refractivity contribution in [3.63, 3.8) is 0 Å². The summed E-state index contributed by atoms with van der Waals surface area (Å²) in [5.74, 6) is 0.364. The second-order valence-corrected chi connectivity index (χ2v) is 12.0. The summed E-state index contributed by atoms with van der Waals surface area (Å²) in [7, 11) is -0.881. The highest BCUT2D eigenvalue weighted by Gasteiger charge is 2.29. The molecule has 0 bridgehead atoms. The Morgan fingerprint density at radius 1 is 0.833 bits per heavy atom. The lowest BCUT2D eigenvalue weighted by Crippen LogP contribution is -2.44. The number of carbonyl (C=O) groups is 1. The molecule has 5 aromatic rings. The van der Waals surface area contributed by atoms with E-state index in [1.54, 1.807) is 30.2 Å². The molecule has 0 atom stereocenters. The first-order chi connectivity index (χ1) is 20.4. The minimum atomic E-state index is -3.99. The van der Waals surface area contributed by atoms with Crippen LogP contribution in [0.1, 0.15) is 11.1 Å². The van der Waals surface area contributed by atoms with E-state index in [9.17, 15) is 13.2 Å². The van der Waals surface area contributed by atoms with Crippen molar-refractivity contribution in [1.82, 2.24) is 14.2 Å². The van der Waals surface area contributed by atoms with Gasteiger partial charge in [-0.15, -0.1) is 0 Å². The van der Waals surface area contributed by atoms with Gasteiger partial charge in [0.15, 0.2) is 0 Å². The lowest BCUT2D eigenvalue weighted by Gasteiger charge is -2.28. The Morgan fingerprint density at radius 2 is 1.57 bits per heavy atom. The first kappa shape index (κ1) is 29.3. The van der Waals surface area contributed by atoms with Gasteiger partial charge in [0.2, 0.25) is 15.9 Å². The Bertz CT molecular complexity index is 1780. The van der Waals surface area contributed by atoms with Gasteiger partial charge in [-0.1, -0.05) is 66.7 Å². The molecule has 0 aliphatic carbocycles. The molecular weight excluding hydrogens is 550 g/mol. The van der Waals surface area contributed by atoms with E-state index < -0.39 is 10.0 Å². The Labute approximate surface area is 246 Å². The average molecular weight is 586 g/mol. The highest BCUT2D eigenvalue weighted by Crippen LogP contribution is 2.24. The van der Waals surface area contributed by atoms with E-state index in [4.69, 9.17) is 9.47 Å². The lowest BCUT2D eigenvalue weighted by molar-refractivity contribution is -0.132. The number of fused-ring (bicyclic) bond motifs is 2. The summed E-state index contributed by atoms with van der Waals surface area (Å²) in [5.41, 5.74) is 2.96. The van der Waals surface area contributed by atoms with Crippen LogP contribution in [-0.4, -0.2) is 69.0 Å². The monoisotopic (exact) mass is 585 g/mol. The van der Waals surface area contributed by atoms with E-state index in [1.165, 1.54) is 11.4 Å². The van der Waals surface area contributed by atoms with Crippen LogP contribution in [0.4, 0.5) is 0 Å². The molecule has 0 aliphatic heterocycles. The minimum absolute atomic E-state index is 0.0440. The number of sulfonamides is 1. The van der Waals surface area contributed by atoms with Gasteiger partial charge in [0.25, 0.3) is 0 Å². The Morgan fingerprint density at radius 3 is 2.38 bits per heavy atom. The number of carbonyl (C=O) groups excluding carboxylic acids is 1. The SMILES string of the molecule is COCCN(CC(=O)N(CCc1c[nH]c2ccccc12)Cc1ccccc1OC)S(=O)(=O)c1ccc2ccccc2c1. The molecule has 0 radical (unpaired) electrons. The minimum Gasteiger partial charge on any atom is -0.496 e. The van der Waals surface area contributed by atoms with Crippen LogP contribution in [0.25, 0.3) is 21.7 Å². The molecule has 218 valence electrons. The number of rotatable bonds is 13. The summed E-state index contributed by atoms with van der Waals surface area (Å²) in [6.07, 6.45) is 2.56. The van der Waals surface area contributed by atoms with Gasteiger partial charge in [-0.05, 0) is 47.0 Å². The number of aromatic amines is 1. The molecule has 1 N–H and O–H groups in total. The first-order valence-electron chi connectivity index (χ1n) is 13.8. The number of ether oxygens (including phenoxy) is 2. The number of hydrogen-bond acceptors (Lipinski definition) is 5. The molecule has 42 heavy (non-hydrogen) atoms. The topological polar surface area (TPSA) is 91.9 Å². The molecule has 4 aromatic carbocycles. The Balaban J connectivity index is 1.43. The van der Waals surface area contributed by atoms with Crippen molar-refractivity contribution >= 4 is 37.6 Å². The Kier molecular flexibility index (Phi) is 9.22. The van der Waals surface area contributed by atoms with Gasteiger partial charge in [-0.25, -0.2) is 8.42 Å². The quantitative estimate of drug-likeness (QED) is 0.204. The van der Waals surface area contributed by atoms with Gasteiger partial charge < -0.3 is 19.4 Å². The second-order valence-electron chi connectivity index (χ2n) is 10.1. The average Bonchev–Trinajstić information content (AvgIpc) is 3.44. The number of amides is 1. The van der Waals surface area contributed by atoms with E-state index in [0.717, 1.165) is 32.8 Å². The van der Waals surface area contributed by atoms with Crippen molar-refractivity contribution in [2.24, 2.45) is 0 Å². The molecule has 1 heterocycles. The smallest absolute Gasteiger partial charge is 0.243 e. The molecule has 0 saturated heterocycles. The van der Waals surface area contributed by atoms with Crippen molar-refractivity contribution in [2.45, 2.75) is 17.9 Å². The summed E-state index contributed by atoms with van der Waals surface area (Å²) < 4.78 is 39.7. The van der Waals surface area contributed by atoms with Crippen molar-refractivity contribution in [2.75, 3.05) is 40.5 Å². The predicted molar refractivity (Wildman–Crippen MR) is 165 cm³/mol. The fraction of sp³-hybridized carbons (Fsp3) is 0.242. The maximum atomic E-state index is 14.0. The van der Waals surface area contributed by atoms with E-state index >= 15 is 0 Å². The van der Waals surface area contributed by atoms with E-state index in [-0.39, 0.29) is 37.0 Å². The summed E-state index contributed by atoms with van der Waals surface area (Å²) in [4.78, 5) is 19.1. The van der Waals surface area contributed by atoms with Crippen LogP contribution in [0, 0.1) is 0 Å². The largest absolute Gasteiger partial charge is 0.496 e. The zero-order valence-corrected chi connectivity index (χ0v) is 24.6. The highest BCUT2D eigenvalue weighted by atomic mass is 32.2. The molecule has 1 amide bonds. The number of aromatic nitrogens is 1. The number of H-pyrrole nitrogens is 1. The van der Waals surface area contributed by atoms with Crippen LogP contribution in [0.2, 0.25) is 0 Å². The molecule has 5 rings (SSSR count). The molecule has 0 unspecified atom stereocenters. The number of nitrogens with one attached hydrogen (secondary N) is 1. The van der Waals surface area contributed by atoms with Crippen LogP contribution in [0.3, 0.4) is 0 Å². The van der Waals surface area contributed by atoms with Crippen LogP contribution in [0.15, 0.2) is 102 Å². The van der Waals surface area contributed by atoms with Crippen LogP contribution >= 0.6 is 0 Å². The maximum Gasteiger partial charge on any atom is 0.243 e. The van der Waals surface area contributed by atoms with Gasteiger partial charge >= 0.3 is 0 Å². The summed E-state index contributed by atoms with van der Waals surface area (Å²) in [6, 6.07) is 28.2. The highest BCUT2D eigenvalue weighted by molar-refractivity contribution is 7.89. The molecule has 1 aromatic heterocycles. The van der Waals surface area contributed by atoms with Gasteiger partial charge in [0.1, 0.15) is 5.75 Å². The third kappa shape index (κ3) is 6.49. The van der Waals surface area contributed by atoms with Crippen molar-refractivity contribution in [1.29, 1.82) is 0 Å². The van der Waals surface area contributed by atoms with Crippen LogP contribution in [-0.2, 0) is 32.5 Å². The van der Waals surface area contributed by atoms with Crippen LogP contribution in [0.5, 0.6) is 5.75 Å². The molecule has 0 spiro atoms. The summed E-state index contributed by atoms with van der Waals surface area (Å²) >= 11 is 0. The molecule has 0 saturated carbocycles. The summed E-state index contributed by atoms with van der Waals surface area (Å²) in [5, 5.41) is 2.85. The van der Waals surface area contributed by atoms with Crippen LogP contribution < -0.4 is 4.74 Å². The standard InChI is InChI=1S/C33H35N3O5S/c1-40-20-19-36(42(38,39)29-16-15-25-9-3-4-10-26(25)21-29)24-33(37)35(23-28-11-5-8-14-32(28)41-2)18-17-27-22-34-31-13-7-6-12-30(27)31/h3-16,21-22,34H,17-20,23-24H2,1-2H3. The van der Waals surface area contributed by atoms with Crippen molar-refractivity contribution in [3.8, 4) is 5.75 Å². The first-order valence-corrected chi connectivity index (χ1v) is 15.3. The van der Waals surface area contributed by atoms with Gasteiger partial charge in [0.05, 0.1) is 25.2 Å². The number of para-hydroxylation sites is 2. The summed E-state index contributed by atoms with van der Waals surface area (Å²) in [6.45, 7) is 0.554. The number of methoxy groups -OCH3 is 2. The maximum absolute atomic E-state index is 14.0. The van der Waals surface area contributed by atoms with Crippen molar-refractivity contribution in [3.05, 3.63) is 108 Å². The van der Waals surface area contributed by atoms with Gasteiger partial charge in [-0.2, -0.15) is 4.31 Å². The van der Waals surface area contributed by atoms with E-state index in [1.807, 2.05) is 72.9 Å². The number of benzene rings is 4.